The van der Waals surface area contributed by atoms with E-state index in [0.29, 0.717) is 35.8 Å². The summed E-state index contributed by atoms with van der Waals surface area (Å²) in [5.74, 6) is 1.34. The van der Waals surface area contributed by atoms with Crippen LogP contribution in [0.4, 0.5) is 5.69 Å². The Morgan fingerprint density at radius 2 is 1.75 bits per heavy atom. The van der Waals surface area contributed by atoms with Crippen molar-refractivity contribution in [3.05, 3.63) is 54.1 Å². The molecule has 2 aliphatic heterocycles. The van der Waals surface area contributed by atoms with Gasteiger partial charge in [-0.2, -0.15) is 0 Å². The maximum atomic E-state index is 12.7. The minimum Gasteiger partial charge on any atom is -0.454 e. The van der Waals surface area contributed by atoms with Crippen LogP contribution in [-0.4, -0.2) is 55.7 Å². The Morgan fingerprint density at radius 3 is 2.50 bits per heavy atom. The van der Waals surface area contributed by atoms with Crippen molar-refractivity contribution in [1.29, 1.82) is 0 Å². The molecule has 2 heterocycles. The van der Waals surface area contributed by atoms with E-state index in [1.54, 1.807) is 12.1 Å². The number of carbonyl (C=O) groups excluding carboxylic acids is 2. The normalized spacial score (nSPS) is 17.2. The lowest BCUT2D eigenvalue weighted by atomic mass is 10.1. The second-order valence-corrected chi connectivity index (χ2v) is 7.10. The first-order valence-corrected chi connectivity index (χ1v) is 9.51. The maximum absolute atomic E-state index is 12.7. The van der Waals surface area contributed by atoms with Gasteiger partial charge >= 0.3 is 0 Å². The Labute approximate surface area is 163 Å². The molecule has 2 amide bonds. The first-order chi connectivity index (χ1) is 13.6. The topological polar surface area (TPSA) is 72.3 Å². The molecule has 0 aliphatic carbocycles. The molecule has 2 aromatic rings. The van der Waals surface area contributed by atoms with E-state index < -0.39 is 0 Å². The van der Waals surface area contributed by atoms with Crippen LogP contribution in [0, 0.1) is 0 Å². The predicted molar refractivity (Wildman–Crippen MR) is 104 cm³/mol. The van der Waals surface area contributed by atoms with E-state index >= 15 is 0 Å². The molecule has 0 unspecified atom stereocenters. The highest BCUT2D eigenvalue weighted by Crippen LogP contribution is 2.34. The molecule has 7 heteroatoms. The van der Waals surface area contributed by atoms with Gasteiger partial charge in [-0.1, -0.05) is 18.2 Å². The molecule has 28 heavy (non-hydrogen) atoms. The second kappa shape index (κ2) is 7.90. The van der Waals surface area contributed by atoms with Gasteiger partial charge in [-0.05, 0) is 31.2 Å². The Bertz CT molecular complexity index is 863. The molecular weight excluding hydrogens is 358 g/mol. The minimum atomic E-state index is -0.209. The number of fused-ring (bicyclic) bond motifs is 1. The van der Waals surface area contributed by atoms with Crippen molar-refractivity contribution in [3.63, 3.8) is 0 Å². The molecule has 7 nitrogen and oxygen atoms in total. The molecule has 1 fully saturated rings. The highest BCUT2D eigenvalue weighted by atomic mass is 16.7. The molecule has 2 aliphatic rings. The zero-order chi connectivity index (χ0) is 19.5. The highest BCUT2D eigenvalue weighted by molar-refractivity contribution is 5.94. The number of amides is 2. The Morgan fingerprint density at radius 1 is 1.04 bits per heavy atom. The Kier molecular flexibility index (Phi) is 5.16. The minimum absolute atomic E-state index is 0.0447. The molecule has 0 bridgehead atoms. The van der Waals surface area contributed by atoms with Gasteiger partial charge in [0.1, 0.15) is 0 Å². The van der Waals surface area contributed by atoms with E-state index in [1.807, 2.05) is 48.2 Å². The molecule has 2 N–H and O–H groups in total. The van der Waals surface area contributed by atoms with Crippen LogP contribution in [0.2, 0.25) is 0 Å². The number of hydrogen-bond acceptors (Lipinski definition) is 4. The third-order valence-electron chi connectivity index (χ3n) is 5.36. The van der Waals surface area contributed by atoms with Gasteiger partial charge < -0.3 is 24.6 Å². The van der Waals surface area contributed by atoms with Crippen LogP contribution >= 0.6 is 0 Å². The summed E-state index contributed by atoms with van der Waals surface area (Å²) in [5.41, 5.74) is 1.40. The molecule has 4 rings (SSSR count). The van der Waals surface area contributed by atoms with Crippen molar-refractivity contribution in [3.8, 4) is 11.5 Å². The van der Waals surface area contributed by atoms with Gasteiger partial charge in [-0.25, -0.2) is 0 Å². The zero-order valence-corrected chi connectivity index (χ0v) is 15.8. The number of anilines is 1. The zero-order valence-electron chi connectivity index (χ0n) is 15.8. The fraction of sp³-hybridized carbons (Fsp3) is 0.333. The van der Waals surface area contributed by atoms with Crippen molar-refractivity contribution in [2.45, 2.75) is 13.0 Å². The number of rotatable bonds is 4. The lowest BCUT2D eigenvalue weighted by Gasteiger charge is -2.34. The van der Waals surface area contributed by atoms with Crippen LogP contribution in [0.1, 0.15) is 17.3 Å². The molecule has 146 valence electrons. The Balaban J connectivity index is 1.31. The Hall–Kier alpha value is -3.06. The number of nitrogens with zero attached hydrogens (tertiary/aromatic N) is 1. The average molecular weight is 382 g/mol. The molecule has 1 saturated heterocycles. The monoisotopic (exact) mass is 382 g/mol. The summed E-state index contributed by atoms with van der Waals surface area (Å²) in [6.07, 6.45) is 0. The van der Waals surface area contributed by atoms with E-state index in [4.69, 9.17) is 9.47 Å². The van der Waals surface area contributed by atoms with Crippen molar-refractivity contribution < 1.29 is 24.0 Å². The summed E-state index contributed by atoms with van der Waals surface area (Å²) < 4.78 is 10.6. The molecule has 2 aromatic carbocycles. The first-order valence-electron chi connectivity index (χ1n) is 9.51. The number of carbonyl (C=O) groups is 2. The molecule has 0 spiro atoms. The number of hydrogen-bond donors (Lipinski definition) is 2. The first kappa shape index (κ1) is 18.3. The van der Waals surface area contributed by atoms with Gasteiger partial charge in [-0.3, -0.25) is 9.59 Å². The SMILES string of the molecule is C[C@H](C(=O)Nc1ccc2c(c1)OCO2)[NH+]1CCN(C(=O)c2ccccc2)CC1. The van der Waals surface area contributed by atoms with Gasteiger partial charge in [0.25, 0.3) is 11.8 Å². The van der Waals surface area contributed by atoms with Crippen molar-refractivity contribution in [1.82, 2.24) is 4.90 Å². The van der Waals surface area contributed by atoms with E-state index in [0.717, 1.165) is 13.1 Å². The summed E-state index contributed by atoms with van der Waals surface area (Å²) in [4.78, 5) is 28.3. The quantitative estimate of drug-likeness (QED) is 0.820. The third-order valence-corrected chi connectivity index (χ3v) is 5.36. The summed E-state index contributed by atoms with van der Waals surface area (Å²) >= 11 is 0. The van der Waals surface area contributed by atoms with E-state index in [-0.39, 0.29) is 24.6 Å². The van der Waals surface area contributed by atoms with E-state index in [9.17, 15) is 9.59 Å². The van der Waals surface area contributed by atoms with Crippen LogP contribution in [0.3, 0.4) is 0 Å². The summed E-state index contributed by atoms with van der Waals surface area (Å²) in [6.45, 7) is 4.91. The standard InChI is InChI=1S/C21H23N3O4/c1-15(20(25)22-17-7-8-18-19(13-17)28-14-27-18)23-9-11-24(12-10-23)21(26)16-5-3-2-4-6-16/h2-8,13,15H,9-12,14H2,1H3,(H,22,25)/p+1/t15-/m1/s1. The van der Waals surface area contributed by atoms with E-state index in [2.05, 4.69) is 5.32 Å². The summed E-state index contributed by atoms with van der Waals surface area (Å²) in [5, 5.41) is 2.95. The number of ether oxygens (including phenoxy) is 2. The van der Waals surface area contributed by atoms with Crippen molar-refractivity contribution in [2.24, 2.45) is 0 Å². The van der Waals surface area contributed by atoms with Gasteiger partial charge in [0.05, 0.1) is 26.2 Å². The van der Waals surface area contributed by atoms with Crippen LogP contribution in [0.15, 0.2) is 48.5 Å². The summed E-state index contributed by atoms with van der Waals surface area (Å²) in [6, 6.07) is 14.5. The smallest absolute Gasteiger partial charge is 0.282 e. The van der Waals surface area contributed by atoms with Crippen molar-refractivity contribution >= 4 is 17.5 Å². The predicted octanol–water partition coefficient (Wildman–Crippen LogP) is 0.783. The summed E-state index contributed by atoms with van der Waals surface area (Å²) in [7, 11) is 0. The molecule has 0 aromatic heterocycles. The maximum Gasteiger partial charge on any atom is 0.282 e. The highest BCUT2D eigenvalue weighted by Gasteiger charge is 2.31. The number of piperazine rings is 1. The number of quaternary nitrogens is 1. The second-order valence-electron chi connectivity index (χ2n) is 7.10. The molecule has 0 radical (unpaired) electrons. The largest absolute Gasteiger partial charge is 0.454 e. The van der Waals surface area contributed by atoms with Gasteiger partial charge in [0, 0.05) is 17.3 Å². The van der Waals surface area contributed by atoms with Gasteiger partial charge in [0.2, 0.25) is 6.79 Å². The fourth-order valence-electron chi connectivity index (χ4n) is 3.60. The lowest BCUT2D eigenvalue weighted by Crippen LogP contribution is -3.19. The van der Waals surface area contributed by atoms with Crippen LogP contribution in [0.25, 0.3) is 0 Å². The van der Waals surface area contributed by atoms with Gasteiger partial charge in [0.15, 0.2) is 17.5 Å². The van der Waals surface area contributed by atoms with E-state index in [1.165, 1.54) is 4.90 Å². The lowest BCUT2D eigenvalue weighted by molar-refractivity contribution is -0.917. The molecule has 0 saturated carbocycles. The van der Waals surface area contributed by atoms with Crippen LogP contribution in [-0.2, 0) is 4.79 Å². The molecule has 1 atom stereocenters. The van der Waals surface area contributed by atoms with Crippen LogP contribution < -0.4 is 19.7 Å². The average Bonchev–Trinajstić information content (AvgIpc) is 3.21. The van der Waals surface area contributed by atoms with Crippen molar-refractivity contribution in [2.75, 3.05) is 38.3 Å². The number of nitrogens with one attached hydrogen (secondary N) is 2. The fourth-order valence-corrected chi connectivity index (χ4v) is 3.60. The van der Waals surface area contributed by atoms with Gasteiger partial charge in [-0.15, -0.1) is 0 Å². The molecular formula is C21H24N3O4+. The third kappa shape index (κ3) is 3.80. The van der Waals surface area contributed by atoms with Crippen LogP contribution in [0.5, 0.6) is 11.5 Å². The number of benzene rings is 2.